The van der Waals surface area contributed by atoms with E-state index in [0.717, 1.165) is 24.8 Å². The Balaban J connectivity index is 1.80. The summed E-state index contributed by atoms with van der Waals surface area (Å²) in [5, 5.41) is 9.24. The van der Waals surface area contributed by atoms with Gasteiger partial charge in [0.25, 0.3) is 5.91 Å². The van der Waals surface area contributed by atoms with Gasteiger partial charge in [0.05, 0.1) is 0 Å². The number of rotatable bonds is 6. The summed E-state index contributed by atoms with van der Waals surface area (Å²) in [6.07, 6.45) is 4.24. The summed E-state index contributed by atoms with van der Waals surface area (Å²) in [5.74, 6) is -0.162. The Labute approximate surface area is 101 Å². The van der Waals surface area contributed by atoms with Crippen LogP contribution < -0.4 is 16.0 Å². The Hall–Kier alpha value is -1.62. The van der Waals surface area contributed by atoms with Gasteiger partial charge in [-0.05, 0) is 25.0 Å². The van der Waals surface area contributed by atoms with Crippen LogP contribution in [0.4, 0.5) is 5.69 Å². The molecule has 0 aromatic carbocycles. The van der Waals surface area contributed by atoms with Crippen molar-refractivity contribution in [2.45, 2.75) is 18.9 Å². The van der Waals surface area contributed by atoms with Gasteiger partial charge in [0.2, 0.25) is 0 Å². The maximum Gasteiger partial charge on any atom is 0.269 e. The molecule has 0 unspecified atom stereocenters. The number of carbonyl (C=O) groups is 1. The van der Waals surface area contributed by atoms with Crippen LogP contribution >= 0.6 is 0 Å². The fourth-order valence-corrected chi connectivity index (χ4v) is 1.56. The maximum atomic E-state index is 11.4. The van der Waals surface area contributed by atoms with Crippen LogP contribution in [0.5, 0.6) is 0 Å². The molecule has 2 rings (SSSR count). The zero-order valence-corrected chi connectivity index (χ0v) is 9.99. The van der Waals surface area contributed by atoms with Gasteiger partial charge in [-0.1, -0.05) is 0 Å². The van der Waals surface area contributed by atoms with Gasteiger partial charge in [0.15, 0.2) is 0 Å². The van der Waals surface area contributed by atoms with Crippen molar-refractivity contribution >= 4 is 11.6 Å². The van der Waals surface area contributed by atoms with Crippen LogP contribution in [0, 0.1) is 0 Å². The molecule has 0 bridgehead atoms. The lowest BCUT2D eigenvalue weighted by Gasteiger charge is -2.08. The molecule has 5 heteroatoms. The summed E-state index contributed by atoms with van der Waals surface area (Å²) in [4.78, 5) is 15.4. The highest BCUT2D eigenvalue weighted by atomic mass is 16.1. The summed E-state index contributed by atoms with van der Waals surface area (Å²) in [6.45, 7) is 1.80. The van der Waals surface area contributed by atoms with Crippen molar-refractivity contribution in [3.8, 4) is 0 Å². The minimum Gasteiger partial charge on any atom is -0.384 e. The van der Waals surface area contributed by atoms with Gasteiger partial charge < -0.3 is 16.0 Å². The SMILES string of the molecule is CNC(=O)c1cc(NCCNC2CC2)ccn1. The molecule has 1 saturated carbocycles. The third kappa shape index (κ3) is 3.71. The van der Waals surface area contributed by atoms with Crippen LogP contribution in [0.3, 0.4) is 0 Å². The molecule has 1 aromatic heterocycles. The first-order chi connectivity index (χ1) is 8.29. The second-order valence-corrected chi connectivity index (χ2v) is 4.16. The molecule has 0 saturated heterocycles. The normalized spacial score (nSPS) is 14.4. The molecule has 0 aliphatic heterocycles. The Morgan fingerprint density at radius 1 is 1.47 bits per heavy atom. The van der Waals surface area contributed by atoms with Gasteiger partial charge in [-0.2, -0.15) is 0 Å². The van der Waals surface area contributed by atoms with E-state index in [0.29, 0.717) is 5.69 Å². The Morgan fingerprint density at radius 3 is 3.00 bits per heavy atom. The van der Waals surface area contributed by atoms with E-state index in [9.17, 15) is 4.79 Å². The first-order valence-electron chi connectivity index (χ1n) is 5.95. The number of hydrogen-bond donors (Lipinski definition) is 3. The Morgan fingerprint density at radius 2 is 2.29 bits per heavy atom. The van der Waals surface area contributed by atoms with Gasteiger partial charge in [-0.25, -0.2) is 0 Å². The molecule has 1 amide bonds. The highest BCUT2D eigenvalue weighted by Crippen LogP contribution is 2.18. The molecule has 1 heterocycles. The first kappa shape index (κ1) is 11.9. The van der Waals surface area contributed by atoms with E-state index in [1.165, 1.54) is 12.8 Å². The van der Waals surface area contributed by atoms with Crippen LogP contribution in [-0.4, -0.2) is 37.1 Å². The van der Waals surface area contributed by atoms with Crippen molar-refractivity contribution in [1.82, 2.24) is 15.6 Å². The summed E-state index contributed by atoms with van der Waals surface area (Å²) >= 11 is 0. The number of aromatic nitrogens is 1. The van der Waals surface area contributed by atoms with Crippen LogP contribution in [0.15, 0.2) is 18.3 Å². The zero-order chi connectivity index (χ0) is 12.1. The monoisotopic (exact) mass is 234 g/mol. The molecule has 17 heavy (non-hydrogen) atoms. The largest absolute Gasteiger partial charge is 0.384 e. The predicted octanol–water partition coefficient (Wildman–Crippen LogP) is 0.605. The molecule has 0 atom stereocenters. The molecule has 5 nitrogen and oxygen atoms in total. The molecule has 0 radical (unpaired) electrons. The van der Waals surface area contributed by atoms with Gasteiger partial charge in [0, 0.05) is 38.1 Å². The van der Waals surface area contributed by atoms with E-state index in [4.69, 9.17) is 0 Å². The summed E-state index contributed by atoms with van der Waals surface area (Å²) in [7, 11) is 1.60. The number of anilines is 1. The molecule has 1 aliphatic rings. The minimum absolute atomic E-state index is 0.162. The predicted molar refractivity (Wildman–Crippen MR) is 67.1 cm³/mol. The highest BCUT2D eigenvalue weighted by molar-refractivity contribution is 5.92. The number of nitrogens with one attached hydrogen (secondary N) is 3. The van der Waals surface area contributed by atoms with E-state index in [2.05, 4.69) is 20.9 Å². The third-order valence-corrected chi connectivity index (χ3v) is 2.68. The van der Waals surface area contributed by atoms with Crippen molar-refractivity contribution in [2.24, 2.45) is 0 Å². The Kier molecular flexibility index (Phi) is 3.93. The zero-order valence-electron chi connectivity index (χ0n) is 9.99. The van der Waals surface area contributed by atoms with Gasteiger partial charge >= 0.3 is 0 Å². The van der Waals surface area contributed by atoms with Crippen molar-refractivity contribution < 1.29 is 4.79 Å². The lowest BCUT2D eigenvalue weighted by atomic mass is 10.3. The molecule has 92 valence electrons. The van der Waals surface area contributed by atoms with Crippen molar-refractivity contribution in [1.29, 1.82) is 0 Å². The van der Waals surface area contributed by atoms with E-state index in [1.54, 1.807) is 19.3 Å². The molecular weight excluding hydrogens is 216 g/mol. The maximum absolute atomic E-state index is 11.4. The number of nitrogens with zero attached hydrogens (tertiary/aromatic N) is 1. The lowest BCUT2D eigenvalue weighted by molar-refractivity contribution is 0.0958. The average molecular weight is 234 g/mol. The van der Waals surface area contributed by atoms with Gasteiger partial charge in [0.1, 0.15) is 5.69 Å². The summed E-state index contributed by atoms with van der Waals surface area (Å²) < 4.78 is 0. The fraction of sp³-hybridized carbons (Fsp3) is 0.500. The molecule has 0 spiro atoms. The molecule has 1 fully saturated rings. The number of amides is 1. The quantitative estimate of drug-likeness (QED) is 0.631. The number of pyridine rings is 1. The number of hydrogen-bond acceptors (Lipinski definition) is 4. The number of carbonyl (C=O) groups excluding carboxylic acids is 1. The van der Waals surface area contributed by atoms with Crippen molar-refractivity contribution in [3.05, 3.63) is 24.0 Å². The van der Waals surface area contributed by atoms with Crippen LogP contribution in [0.2, 0.25) is 0 Å². The van der Waals surface area contributed by atoms with Crippen LogP contribution in [-0.2, 0) is 0 Å². The third-order valence-electron chi connectivity index (χ3n) is 2.68. The fourth-order valence-electron chi connectivity index (χ4n) is 1.56. The molecule has 1 aromatic rings. The van der Waals surface area contributed by atoms with Crippen molar-refractivity contribution in [3.63, 3.8) is 0 Å². The minimum atomic E-state index is -0.162. The van der Waals surface area contributed by atoms with Gasteiger partial charge in [-0.3, -0.25) is 9.78 Å². The second-order valence-electron chi connectivity index (χ2n) is 4.16. The van der Waals surface area contributed by atoms with E-state index in [-0.39, 0.29) is 5.91 Å². The van der Waals surface area contributed by atoms with Crippen molar-refractivity contribution in [2.75, 3.05) is 25.5 Å². The highest BCUT2D eigenvalue weighted by Gasteiger charge is 2.19. The standard InChI is InChI=1S/C12H18N4O/c1-13-12(17)11-8-10(4-5-16-11)15-7-6-14-9-2-3-9/h4-5,8-9,14H,2-3,6-7H2,1H3,(H,13,17)(H,15,16). The van der Waals surface area contributed by atoms with E-state index < -0.39 is 0 Å². The molecule has 1 aliphatic carbocycles. The summed E-state index contributed by atoms with van der Waals surface area (Å²) in [6, 6.07) is 4.36. The lowest BCUT2D eigenvalue weighted by Crippen LogP contribution is -2.24. The van der Waals surface area contributed by atoms with Crippen LogP contribution in [0.25, 0.3) is 0 Å². The second kappa shape index (κ2) is 5.63. The Bertz CT molecular complexity index is 390. The van der Waals surface area contributed by atoms with E-state index in [1.807, 2.05) is 6.07 Å². The summed E-state index contributed by atoms with van der Waals surface area (Å²) in [5.41, 5.74) is 1.36. The average Bonchev–Trinajstić information content (AvgIpc) is 3.18. The van der Waals surface area contributed by atoms with Gasteiger partial charge in [-0.15, -0.1) is 0 Å². The first-order valence-corrected chi connectivity index (χ1v) is 5.95. The molecular formula is C12H18N4O. The van der Waals surface area contributed by atoms with Crippen LogP contribution in [0.1, 0.15) is 23.3 Å². The molecule has 3 N–H and O–H groups in total. The topological polar surface area (TPSA) is 66.1 Å². The smallest absolute Gasteiger partial charge is 0.269 e. The van der Waals surface area contributed by atoms with E-state index >= 15 is 0 Å².